The van der Waals surface area contributed by atoms with Gasteiger partial charge in [-0.05, 0) is 77.0 Å². The third-order valence-corrected chi connectivity index (χ3v) is 7.05. The van der Waals surface area contributed by atoms with Crippen molar-refractivity contribution in [1.29, 1.82) is 0 Å². The number of aliphatic carboxylic acids is 1. The van der Waals surface area contributed by atoms with Gasteiger partial charge in [-0.3, -0.25) is 9.59 Å². The van der Waals surface area contributed by atoms with Crippen molar-refractivity contribution in [3.63, 3.8) is 0 Å². The number of allylic oxidation sites excluding steroid dienone is 8. The van der Waals surface area contributed by atoms with E-state index in [1.54, 1.807) is 0 Å². The van der Waals surface area contributed by atoms with E-state index in [0.717, 1.165) is 64.2 Å². The quantitative estimate of drug-likeness (QED) is 0.0563. The molecule has 0 bridgehead atoms. The van der Waals surface area contributed by atoms with Crippen LogP contribution >= 0.6 is 0 Å². The molecule has 230 valence electrons. The number of carbonyl (C=O) groups is 2. The van der Waals surface area contributed by atoms with E-state index in [9.17, 15) is 9.59 Å². The molecule has 1 unspecified atom stereocenters. The molecule has 0 aromatic heterocycles. The van der Waals surface area contributed by atoms with Gasteiger partial charge in [0.25, 0.3) is 0 Å². The predicted molar refractivity (Wildman–Crippen MR) is 172 cm³/mol. The summed E-state index contributed by atoms with van der Waals surface area (Å²) in [6.07, 6.45) is 41.2. The fourth-order valence-electron chi connectivity index (χ4n) is 4.59. The second-order valence-corrected chi connectivity index (χ2v) is 11.0. The van der Waals surface area contributed by atoms with Gasteiger partial charge in [0, 0.05) is 12.8 Å². The summed E-state index contributed by atoms with van der Waals surface area (Å²) in [6, 6.07) is 0. The number of carboxylic acid groups (broad SMARTS) is 1. The number of esters is 1. The maximum absolute atomic E-state index is 12.5. The van der Waals surface area contributed by atoms with Crippen LogP contribution in [0.1, 0.15) is 162 Å². The molecule has 0 aliphatic rings. The van der Waals surface area contributed by atoms with Gasteiger partial charge in [0.15, 0.2) is 0 Å². The van der Waals surface area contributed by atoms with Crippen molar-refractivity contribution < 1.29 is 19.4 Å². The third-order valence-electron chi connectivity index (χ3n) is 7.05. The molecule has 0 rings (SSSR count). The minimum Gasteiger partial charge on any atom is -0.481 e. The summed E-state index contributed by atoms with van der Waals surface area (Å²) in [7, 11) is 0. The second-order valence-electron chi connectivity index (χ2n) is 11.0. The summed E-state index contributed by atoms with van der Waals surface area (Å²) >= 11 is 0. The molecule has 0 fully saturated rings. The topological polar surface area (TPSA) is 63.6 Å². The number of unbranched alkanes of at least 4 members (excludes halogenated alkanes) is 12. The first kappa shape index (κ1) is 37.9. The fraction of sp³-hybridized carbons (Fsp3) is 0.722. The number of hydrogen-bond acceptors (Lipinski definition) is 3. The van der Waals surface area contributed by atoms with E-state index in [-0.39, 0.29) is 18.5 Å². The number of rotatable bonds is 29. The Bertz CT molecular complexity index is 689. The molecule has 0 spiro atoms. The van der Waals surface area contributed by atoms with Crippen LogP contribution < -0.4 is 0 Å². The molecular weight excluding hydrogens is 496 g/mol. The third kappa shape index (κ3) is 30.4. The predicted octanol–water partition coefficient (Wildman–Crippen LogP) is 11.2. The lowest BCUT2D eigenvalue weighted by atomic mass is 10.0. The lowest BCUT2D eigenvalue weighted by molar-refractivity contribution is -0.150. The number of hydrogen-bond donors (Lipinski definition) is 1. The Balaban J connectivity index is 4.05. The highest BCUT2D eigenvalue weighted by atomic mass is 16.5. The molecule has 0 saturated heterocycles. The van der Waals surface area contributed by atoms with Crippen molar-refractivity contribution in [3.8, 4) is 0 Å². The first-order valence-electron chi connectivity index (χ1n) is 16.6. The zero-order valence-electron chi connectivity index (χ0n) is 26.1. The lowest BCUT2D eigenvalue weighted by Crippen LogP contribution is -2.18. The molecule has 0 aromatic rings. The smallest absolute Gasteiger partial charge is 0.306 e. The van der Waals surface area contributed by atoms with Crippen molar-refractivity contribution in [2.45, 2.75) is 168 Å². The van der Waals surface area contributed by atoms with E-state index in [0.29, 0.717) is 12.8 Å². The molecule has 1 atom stereocenters. The summed E-state index contributed by atoms with van der Waals surface area (Å²) in [6.45, 7) is 4.47. The Morgan fingerprint density at radius 3 is 1.55 bits per heavy atom. The minimum absolute atomic E-state index is 0.0236. The van der Waals surface area contributed by atoms with Gasteiger partial charge in [-0.2, -0.15) is 0 Å². The van der Waals surface area contributed by atoms with Gasteiger partial charge in [-0.15, -0.1) is 0 Å². The van der Waals surface area contributed by atoms with Crippen LogP contribution in [0.2, 0.25) is 0 Å². The zero-order chi connectivity index (χ0) is 29.4. The van der Waals surface area contributed by atoms with Crippen LogP contribution in [0.15, 0.2) is 48.6 Å². The van der Waals surface area contributed by atoms with E-state index in [2.05, 4.69) is 62.5 Å². The Labute approximate surface area is 247 Å². The lowest BCUT2D eigenvalue weighted by Gasteiger charge is -2.18. The highest BCUT2D eigenvalue weighted by Gasteiger charge is 2.14. The van der Waals surface area contributed by atoms with Crippen LogP contribution in [0.5, 0.6) is 0 Å². The molecule has 0 radical (unpaired) electrons. The van der Waals surface area contributed by atoms with Crippen LogP contribution in [0, 0.1) is 0 Å². The standard InChI is InChI=1S/C36H62O4/c1-3-5-7-9-11-12-13-14-15-16-17-18-19-20-22-24-29-33-36(39)40-34(31-27-25-28-32-35(37)38)30-26-23-21-10-8-6-4-2/h11-12,14-15,17-18,20,22,34H,3-10,13,16,19,21,23-33H2,1-2H3,(H,37,38)/b12-11-,15-14-,18-17-,22-20-. The van der Waals surface area contributed by atoms with Crippen LogP contribution in [0.4, 0.5) is 0 Å². The largest absolute Gasteiger partial charge is 0.481 e. The molecular formula is C36H62O4. The van der Waals surface area contributed by atoms with E-state index in [4.69, 9.17) is 9.84 Å². The maximum Gasteiger partial charge on any atom is 0.306 e. The van der Waals surface area contributed by atoms with E-state index in [1.165, 1.54) is 64.2 Å². The number of carbonyl (C=O) groups excluding carboxylic acids is 1. The molecule has 4 heteroatoms. The highest BCUT2D eigenvalue weighted by molar-refractivity contribution is 5.69. The second kappa shape index (κ2) is 31.4. The normalized spacial score (nSPS) is 12.8. The van der Waals surface area contributed by atoms with Crippen molar-refractivity contribution in [1.82, 2.24) is 0 Å². The van der Waals surface area contributed by atoms with Crippen LogP contribution in [-0.2, 0) is 14.3 Å². The SMILES string of the molecule is CCCCC/C=C\C/C=C\C/C=C\C/C=C\CCCC(=O)OC(CCCCCCCCC)CCCCCC(=O)O. The Hall–Kier alpha value is -2.10. The minimum atomic E-state index is -0.736. The summed E-state index contributed by atoms with van der Waals surface area (Å²) in [4.78, 5) is 23.2. The van der Waals surface area contributed by atoms with Crippen LogP contribution in [0.25, 0.3) is 0 Å². The van der Waals surface area contributed by atoms with E-state index >= 15 is 0 Å². The Morgan fingerprint density at radius 2 is 1.00 bits per heavy atom. The molecule has 1 N–H and O–H groups in total. The van der Waals surface area contributed by atoms with Gasteiger partial charge in [-0.25, -0.2) is 0 Å². The van der Waals surface area contributed by atoms with Crippen LogP contribution in [-0.4, -0.2) is 23.1 Å². The molecule has 0 aromatic carbocycles. The van der Waals surface area contributed by atoms with Crippen molar-refractivity contribution in [2.75, 3.05) is 0 Å². The molecule has 40 heavy (non-hydrogen) atoms. The summed E-state index contributed by atoms with van der Waals surface area (Å²) in [5.41, 5.74) is 0. The average Bonchev–Trinajstić information content (AvgIpc) is 2.93. The monoisotopic (exact) mass is 558 g/mol. The van der Waals surface area contributed by atoms with Gasteiger partial charge in [0.2, 0.25) is 0 Å². The van der Waals surface area contributed by atoms with Gasteiger partial charge in [0.1, 0.15) is 6.10 Å². The summed E-state index contributed by atoms with van der Waals surface area (Å²) < 4.78 is 5.85. The van der Waals surface area contributed by atoms with Gasteiger partial charge in [-0.1, -0.05) is 120 Å². The van der Waals surface area contributed by atoms with Crippen molar-refractivity contribution >= 4 is 11.9 Å². The highest BCUT2D eigenvalue weighted by Crippen LogP contribution is 2.17. The van der Waals surface area contributed by atoms with Gasteiger partial charge >= 0.3 is 11.9 Å². The van der Waals surface area contributed by atoms with Crippen molar-refractivity contribution in [3.05, 3.63) is 48.6 Å². The molecule has 0 aliphatic carbocycles. The number of carboxylic acids is 1. The van der Waals surface area contributed by atoms with E-state index in [1.807, 2.05) is 0 Å². The fourth-order valence-corrected chi connectivity index (χ4v) is 4.59. The first-order valence-corrected chi connectivity index (χ1v) is 16.6. The molecule has 0 heterocycles. The molecule has 0 aliphatic heterocycles. The molecule has 4 nitrogen and oxygen atoms in total. The summed E-state index contributed by atoms with van der Waals surface area (Å²) in [5, 5.41) is 8.82. The molecule has 0 saturated carbocycles. The van der Waals surface area contributed by atoms with E-state index < -0.39 is 5.97 Å². The molecule has 0 amide bonds. The van der Waals surface area contributed by atoms with Gasteiger partial charge < -0.3 is 9.84 Å². The first-order chi connectivity index (χ1) is 19.6. The number of ether oxygens (including phenoxy) is 1. The average molecular weight is 559 g/mol. The zero-order valence-corrected chi connectivity index (χ0v) is 26.1. The summed E-state index contributed by atoms with van der Waals surface area (Å²) in [5.74, 6) is -0.824. The Morgan fingerprint density at radius 1 is 0.550 bits per heavy atom. The Kier molecular flexibility index (Phi) is 29.8. The van der Waals surface area contributed by atoms with Crippen LogP contribution in [0.3, 0.4) is 0 Å². The maximum atomic E-state index is 12.5. The van der Waals surface area contributed by atoms with Gasteiger partial charge in [0.05, 0.1) is 0 Å². The van der Waals surface area contributed by atoms with Crippen molar-refractivity contribution in [2.24, 2.45) is 0 Å².